The molecule has 2 aliphatic rings. The number of methoxy groups -OCH3 is 1. The molecule has 196 valence electrons. The fraction of sp³-hybridized carbons (Fsp3) is 0.345. The number of thiophene rings is 1. The van der Waals surface area contributed by atoms with Gasteiger partial charge < -0.3 is 24.3 Å². The largest absolute Gasteiger partial charge is 0.457 e. The number of piperidine rings is 1. The number of aryl methyl sites for hydroxylation is 1. The normalized spacial score (nSPS) is 15.9. The number of carbonyl (C=O) groups excluding carboxylic acids is 1. The second-order valence-corrected chi connectivity index (χ2v) is 10.8. The highest BCUT2D eigenvalue weighted by molar-refractivity contribution is 7.12. The molecule has 38 heavy (non-hydrogen) atoms. The minimum Gasteiger partial charge on any atom is -0.457 e. The Hall–Kier alpha value is -3.69. The van der Waals surface area contributed by atoms with Crippen LogP contribution in [0.5, 0.6) is 0 Å². The van der Waals surface area contributed by atoms with E-state index in [9.17, 15) is 4.79 Å². The molecule has 0 aliphatic carbocycles. The van der Waals surface area contributed by atoms with Crippen LogP contribution in [-0.2, 0) is 17.7 Å². The molecular formula is C29H31N5O3S. The number of amides is 1. The van der Waals surface area contributed by atoms with Gasteiger partial charge in [0.25, 0.3) is 5.91 Å². The second kappa shape index (κ2) is 10.6. The van der Waals surface area contributed by atoms with Gasteiger partial charge in [0.05, 0.1) is 17.5 Å². The van der Waals surface area contributed by atoms with Crippen molar-refractivity contribution in [1.82, 2.24) is 14.9 Å². The number of ether oxygens (including phenoxy) is 1. The molecule has 1 amide bonds. The molecule has 0 spiro atoms. The summed E-state index contributed by atoms with van der Waals surface area (Å²) in [6.45, 7) is 5.13. The minimum atomic E-state index is 0.0544. The fourth-order valence-corrected chi connectivity index (χ4v) is 5.84. The lowest BCUT2D eigenvalue weighted by Crippen LogP contribution is -2.36. The molecule has 6 rings (SSSR count). The first kappa shape index (κ1) is 24.6. The minimum absolute atomic E-state index is 0.0544. The highest BCUT2D eigenvalue weighted by Gasteiger charge is 2.26. The van der Waals surface area contributed by atoms with E-state index in [1.807, 2.05) is 35.5 Å². The maximum Gasteiger partial charge on any atom is 0.264 e. The Morgan fingerprint density at radius 2 is 1.97 bits per heavy atom. The summed E-state index contributed by atoms with van der Waals surface area (Å²) in [6, 6.07) is 14.2. The molecule has 5 heterocycles. The maximum absolute atomic E-state index is 12.8. The van der Waals surface area contributed by atoms with Crippen LogP contribution in [0, 0.1) is 6.92 Å². The number of rotatable bonds is 6. The molecule has 1 fully saturated rings. The molecule has 1 aromatic carbocycles. The summed E-state index contributed by atoms with van der Waals surface area (Å²) in [5.74, 6) is 2.11. The lowest BCUT2D eigenvalue weighted by Gasteiger charge is -2.33. The summed E-state index contributed by atoms with van der Waals surface area (Å²) in [7, 11) is 1.79. The maximum atomic E-state index is 12.8. The van der Waals surface area contributed by atoms with Crippen LogP contribution >= 0.6 is 11.3 Å². The SMILES string of the molecule is COC1CCN(c2ccc(Nc3ncc(C)c(-c4cc5c(o4)CN(C(=O)c4cccs4)CC5)n3)cc2)CC1. The van der Waals surface area contributed by atoms with E-state index in [1.165, 1.54) is 17.0 Å². The number of anilines is 3. The number of hydrogen-bond donors (Lipinski definition) is 1. The molecule has 8 nitrogen and oxygen atoms in total. The van der Waals surface area contributed by atoms with E-state index in [-0.39, 0.29) is 5.91 Å². The van der Waals surface area contributed by atoms with Crippen LogP contribution in [0.3, 0.4) is 0 Å². The molecule has 2 aliphatic heterocycles. The van der Waals surface area contributed by atoms with Crippen molar-refractivity contribution in [3.63, 3.8) is 0 Å². The Balaban J connectivity index is 1.15. The van der Waals surface area contributed by atoms with Crippen LogP contribution in [0.2, 0.25) is 0 Å². The third-order valence-corrected chi connectivity index (χ3v) is 8.23. The molecule has 1 N–H and O–H groups in total. The van der Waals surface area contributed by atoms with Crippen molar-refractivity contribution in [3.8, 4) is 11.5 Å². The smallest absolute Gasteiger partial charge is 0.264 e. The third kappa shape index (κ3) is 5.04. The quantitative estimate of drug-likeness (QED) is 0.345. The average Bonchev–Trinajstić information content (AvgIpc) is 3.64. The zero-order valence-electron chi connectivity index (χ0n) is 21.6. The van der Waals surface area contributed by atoms with Gasteiger partial charge in [0, 0.05) is 44.3 Å². The summed E-state index contributed by atoms with van der Waals surface area (Å²) in [5.41, 5.74) is 4.96. The molecule has 0 atom stereocenters. The van der Waals surface area contributed by atoms with Gasteiger partial charge in [0.2, 0.25) is 5.95 Å². The van der Waals surface area contributed by atoms with Crippen molar-refractivity contribution in [2.45, 2.75) is 38.8 Å². The number of benzene rings is 1. The predicted molar refractivity (Wildman–Crippen MR) is 149 cm³/mol. The summed E-state index contributed by atoms with van der Waals surface area (Å²) in [6.07, 6.45) is 5.05. The fourth-order valence-electron chi connectivity index (χ4n) is 5.15. The Morgan fingerprint density at radius 1 is 1.16 bits per heavy atom. The van der Waals surface area contributed by atoms with Crippen molar-refractivity contribution >= 4 is 34.6 Å². The van der Waals surface area contributed by atoms with Gasteiger partial charge in [0.1, 0.15) is 11.5 Å². The second-order valence-electron chi connectivity index (χ2n) is 9.83. The van der Waals surface area contributed by atoms with E-state index in [2.05, 4.69) is 45.5 Å². The predicted octanol–water partition coefficient (Wildman–Crippen LogP) is 5.66. The van der Waals surface area contributed by atoms with E-state index in [4.69, 9.17) is 14.1 Å². The first-order valence-corrected chi connectivity index (χ1v) is 13.9. The number of nitrogens with zero attached hydrogens (tertiary/aromatic N) is 4. The molecule has 3 aromatic heterocycles. The number of hydrogen-bond acceptors (Lipinski definition) is 8. The molecule has 0 saturated carbocycles. The first-order valence-electron chi connectivity index (χ1n) is 13.0. The van der Waals surface area contributed by atoms with Crippen LogP contribution in [-0.4, -0.2) is 53.6 Å². The van der Waals surface area contributed by atoms with Crippen molar-refractivity contribution in [3.05, 3.63) is 75.8 Å². The number of aromatic nitrogens is 2. The standard InChI is InChI=1S/C29H31N5O3S/c1-19-17-30-29(31-21-5-7-22(8-6-21)33-13-10-23(36-2)11-14-33)32-27(19)24-16-20-9-12-34(18-25(20)37-24)28(35)26-4-3-15-38-26/h3-8,15-17,23H,9-14,18H2,1-2H3,(H,30,31,32). The van der Waals surface area contributed by atoms with Crippen LogP contribution < -0.4 is 10.2 Å². The Kier molecular flexibility index (Phi) is 6.86. The molecule has 0 bridgehead atoms. The van der Waals surface area contributed by atoms with Gasteiger partial charge in [0.15, 0.2) is 5.76 Å². The monoisotopic (exact) mass is 529 g/mol. The summed E-state index contributed by atoms with van der Waals surface area (Å²) in [4.78, 5) is 27.1. The van der Waals surface area contributed by atoms with Crippen LogP contribution in [0.1, 0.15) is 39.4 Å². The van der Waals surface area contributed by atoms with E-state index >= 15 is 0 Å². The van der Waals surface area contributed by atoms with Gasteiger partial charge in [-0.15, -0.1) is 11.3 Å². The summed E-state index contributed by atoms with van der Waals surface area (Å²) < 4.78 is 11.7. The highest BCUT2D eigenvalue weighted by Crippen LogP contribution is 2.32. The molecule has 9 heteroatoms. The van der Waals surface area contributed by atoms with Crippen molar-refractivity contribution in [1.29, 1.82) is 0 Å². The van der Waals surface area contributed by atoms with E-state index in [0.29, 0.717) is 30.9 Å². The van der Waals surface area contributed by atoms with Gasteiger partial charge in [-0.2, -0.15) is 0 Å². The Bertz CT molecular complexity index is 1410. The number of carbonyl (C=O) groups is 1. The summed E-state index contributed by atoms with van der Waals surface area (Å²) >= 11 is 1.47. The van der Waals surface area contributed by atoms with Crippen molar-refractivity contribution in [2.24, 2.45) is 0 Å². The molecule has 0 radical (unpaired) electrons. The molecule has 4 aromatic rings. The molecule has 0 unspecified atom stereocenters. The van der Waals surface area contributed by atoms with E-state index in [1.54, 1.807) is 7.11 Å². The Labute approximate surface area is 226 Å². The van der Waals surface area contributed by atoms with Crippen LogP contribution in [0.15, 0.2) is 58.5 Å². The lowest BCUT2D eigenvalue weighted by atomic mass is 10.1. The zero-order chi connectivity index (χ0) is 26.1. The van der Waals surface area contributed by atoms with E-state index in [0.717, 1.165) is 65.5 Å². The van der Waals surface area contributed by atoms with Gasteiger partial charge in [-0.05, 0) is 79.1 Å². The van der Waals surface area contributed by atoms with Crippen LogP contribution in [0.4, 0.5) is 17.3 Å². The summed E-state index contributed by atoms with van der Waals surface area (Å²) in [5, 5.41) is 5.26. The topological polar surface area (TPSA) is 83.7 Å². The molecular weight excluding hydrogens is 498 g/mol. The lowest BCUT2D eigenvalue weighted by molar-refractivity contribution is 0.0725. The van der Waals surface area contributed by atoms with Gasteiger partial charge in [-0.1, -0.05) is 6.07 Å². The van der Waals surface area contributed by atoms with Crippen LogP contribution in [0.25, 0.3) is 11.5 Å². The highest BCUT2D eigenvalue weighted by atomic mass is 32.1. The number of fused-ring (bicyclic) bond motifs is 1. The molecule has 1 saturated heterocycles. The third-order valence-electron chi connectivity index (χ3n) is 7.37. The van der Waals surface area contributed by atoms with Gasteiger partial charge in [-0.3, -0.25) is 4.79 Å². The van der Waals surface area contributed by atoms with Crippen molar-refractivity contribution < 1.29 is 13.9 Å². The zero-order valence-corrected chi connectivity index (χ0v) is 22.5. The van der Waals surface area contributed by atoms with E-state index < -0.39 is 0 Å². The number of furan rings is 1. The first-order chi connectivity index (χ1) is 18.6. The van der Waals surface area contributed by atoms with Crippen molar-refractivity contribution in [2.75, 3.05) is 37.0 Å². The van der Waals surface area contributed by atoms with Gasteiger partial charge in [-0.25, -0.2) is 9.97 Å². The average molecular weight is 530 g/mol. The Morgan fingerprint density at radius 3 is 2.71 bits per heavy atom. The van der Waals surface area contributed by atoms with Gasteiger partial charge >= 0.3 is 0 Å². The number of nitrogens with one attached hydrogen (secondary N) is 1.